The lowest BCUT2D eigenvalue weighted by molar-refractivity contribution is 0.0517. The molecular formula is C13H24N2O3S. The van der Waals surface area contributed by atoms with Crippen LogP contribution in [0.5, 0.6) is 0 Å². The lowest BCUT2D eigenvalue weighted by Crippen LogP contribution is -2.52. The fourth-order valence-electron chi connectivity index (χ4n) is 3.08. The monoisotopic (exact) mass is 288 g/mol. The molecule has 2 aliphatic heterocycles. The van der Waals surface area contributed by atoms with Crippen LogP contribution in [0.3, 0.4) is 0 Å². The Hall–Kier alpha value is -0.170. The maximum absolute atomic E-state index is 11.9. The van der Waals surface area contributed by atoms with E-state index in [4.69, 9.17) is 4.74 Å². The van der Waals surface area contributed by atoms with Crippen molar-refractivity contribution < 1.29 is 13.2 Å². The average Bonchev–Trinajstić information content (AvgIpc) is 3.14. The molecule has 2 saturated heterocycles. The van der Waals surface area contributed by atoms with Crippen molar-refractivity contribution in [3.8, 4) is 0 Å². The Morgan fingerprint density at radius 2 is 2.00 bits per heavy atom. The van der Waals surface area contributed by atoms with Crippen LogP contribution in [0.15, 0.2) is 0 Å². The number of piperazine rings is 1. The molecule has 0 amide bonds. The van der Waals surface area contributed by atoms with Crippen LogP contribution in [0.25, 0.3) is 0 Å². The van der Waals surface area contributed by atoms with Crippen molar-refractivity contribution in [2.75, 3.05) is 38.5 Å². The molecule has 0 unspecified atom stereocenters. The Balaban J connectivity index is 1.53. The number of hydrogen-bond donors (Lipinski definition) is 0. The molecule has 1 aliphatic carbocycles. The molecular weight excluding hydrogens is 264 g/mol. The van der Waals surface area contributed by atoms with E-state index in [1.54, 1.807) is 11.2 Å². The summed E-state index contributed by atoms with van der Waals surface area (Å²) in [5.74, 6) is 1.01. The van der Waals surface area contributed by atoms with Crippen LogP contribution < -0.4 is 0 Å². The molecule has 0 aromatic rings. The maximum atomic E-state index is 11.9. The van der Waals surface area contributed by atoms with Gasteiger partial charge in [0.1, 0.15) is 0 Å². The number of hydrogen-bond acceptors (Lipinski definition) is 4. The van der Waals surface area contributed by atoms with Gasteiger partial charge in [-0.2, -0.15) is 4.31 Å². The van der Waals surface area contributed by atoms with Gasteiger partial charge >= 0.3 is 0 Å². The van der Waals surface area contributed by atoms with Gasteiger partial charge in [-0.1, -0.05) is 0 Å². The Bertz CT molecular complexity index is 422. The van der Waals surface area contributed by atoms with Crippen LogP contribution in [-0.2, 0) is 14.8 Å². The van der Waals surface area contributed by atoms with Crippen molar-refractivity contribution >= 4 is 10.0 Å². The summed E-state index contributed by atoms with van der Waals surface area (Å²) in [5, 5.41) is 0. The summed E-state index contributed by atoms with van der Waals surface area (Å²) in [7, 11) is -3.03. The molecule has 1 saturated carbocycles. The second-order valence-electron chi connectivity index (χ2n) is 6.04. The zero-order valence-electron chi connectivity index (χ0n) is 11.6. The van der Waals surface area contributed by atoms with E-state index in [0.717, 1.165) is 32.0 Å². The normalized spacial score (nSPS) is 33.5. The first kappa shape index (κ1) is 13.8. The van der Waals surface area contributed by atoms with Gasteiger partial charge in [-0.15, -0.1) is 0 Å². The Morgan fingerprint density at radius 1 is 1.21 bits per heavy atom. The molecule has 3 fully saturated rings. The summed E-state index contributed by atoms with van der Waals surface area (Å²) in [4.78, 5) is 2.40. The predicted octanol–water partition coefficient (Wildman–Crippen LogP) is 0.521. The maximum Gasteiger partial charge on any atom is 0.213 e. The summed E-state index contributed by atoms with van der Waals surface area (Å²) in [6.07, 6.45) is 3.95. The standard InChI is InChI=1S/C13H24N2O3S/c1-2-19(16,17)15-6-5-14-9-13(7-12(14)8-15)18-10-11-3-4-11/h11-13H,2-10H2,1H3/t12-,13+/m0/s1. The van der Waals surface area contributed by atoms with E-state index in [0.29, 0.717) is 25.2 Å². The molecule has 2 atom stereocenters. The number of nitrogens with zero attached hydrogens (tertiary/aromatic N) is 2. The Kier molecular flexibility index (Phi) is 3.86. The van der Waals surface area contributed by atoms with Crippen molar-refractivity contribution in [2.45, 2.75) is 38.3 Å². The first-order valence-corrected chi connectivity index (χ1v) is 9.03. The molecule has 3 aliphatic rings. The van der Waals surface area contributed by atoms with Crippen LogP contribution in [-0.4, -0.2) is 68.3 Å². The Labute approximate surface area is 115 Å². The van der Waals surface area contributed by atoms with Gasteiger partial charge in [-0.3, -0.25) is 4.90 Å². The van der Waals surface area contributed by atoms with Crippen molar-refractivity contribution in [3.05, 3.63) is 0 Å². The van der Waals surface area contributed by atoms with Gasteiger partial charge in [0.15, 0.2) is 0 Å². The van der Waals surface area contributed by atoms with E-state index in [1.165, 1.54) is 12.8 Å². The van der Waals surface area contributed by atoms with E-state index in [-0.39, 0.29) is 5.75 Å². The first-order chi connectivity index (χ1) is 9.08. The summed E-state index contributed by atoms with van der Waals surface area (Å²) in [6.45, 7) is 5.76. The SMILES string of the molecule is CCS(=O)(=O)N1CCN2C[C@H](OCC3CC3)C[C@H]2C1. The van der Waals surface area contributed by atoms with Gasteiger partial charge in [-0.05, 0) is 32.1 Å². The molecule has 5 nitrogen and oxygen atoms in total. The third-order valence-corrected chi connectivity index (χ3v) is 6.41. The number of rotatable bonds is 5. The van der Waals surface area contributed by atoms with Crippen molar-refractivity contribution in [1.29, 1.82) is 0 Å². The van der Waals surface area contributed by atoms with Crippen molar-refractivity contribution in [1.82, 2.24) is 9.21 Å². The highest BCUT2D eigenvalue weighted by atomic mass is 32.2. The summed E-state index contributed by atoms with van der Waals surface area (Å²) in [5.41, 5.74) is 0. The third-order valence-electron chi connectivity index (χ3n) is 4.56. The minimum Gasteiger partial charge on any atom is -0.377 e. The van der Waals surface area contributed by atoms with E-state index in [1.807, 2.05) is 0 Å². The molecule has 110 valence electrons. The van der Waals surface area contributed by atoms with Gasteiger partial charge in [0.2, 0.25) is 10.0 Å². The highest BCUT2D eigenvalue weighted by Crippen LogP contribution is 2.31. The second kappa shape index (κ2) is 5.31. The summed E-state index contributed by atoms with van der Waals surface area (Å²) >= 11 is 0. The van der Waals surface area contributed by atoms with Crippen LogP contribution in [0.2, 0.25) is 0 Å². The minimum atomic E-state index is -3.03. The van der Waals surface area contributed by atoms with Crippen LogP contribution in [0.1, 0.15) is 26.2 Å². The highest BCUT2D eigenvalue weighted by Gasteiger charge is 2.39. The second-order valence-corrected chi connectivity index (χ2v) is 8.30. The lowest BCUT2D eigenvalue weighted by atomic mass is 10.2. The molecule has 0 spiro atoms. The smallest absolute Gasteiger partial charge is 0.213 e. The van der Waals surface area contributed by atoms with Crippen molar-refractivity contribution in [3.63, 3.8) is 0 Å². The van der Waals surface area contributed by atoms with Crippen LogP contribution in [0, 0.1) is 5.92 Å². The summed E-state index contributed by atoms with van der Waals surface area (Å²) < 4.78 is 31.5. The predicted molar refractivity (Wildman–Crippen MR) is 73.5 cm³/mol. The van der Waals surface area contributed by atoms with Crippen LogP contribution in [0.4, 0.5) is 0 Å². The van der Waals surface area contributed by atoms with Gasteiger partial charge in [-0.25, -0.2) is 8.42 Å². The fraction of sp³-hybridized carbons (Fsp3) is 1.00. The topological polar surface area (TPSA) is 49.9 Å². The molecule has 0 aromatic heterocycles. The lowest BCUT2D eigenvalue weighted by Gasteiger charge is -2.36. The van der Waals surface area contributed by atoms with Gasteiger partial charge in [0.25, 0.3) is 0 Å². The highest BCUT2D eigenvalue weighted by molar-refractivity contribution is 7.89. The molecule has 0 aromatic carbocycles. The number of ether oxygens (including phenoxy) is 1. The van der Waals surface area contributed by atoms with Gasteiger partial charge < -0.3 is 4.74 Å². The number of fused-ring (bicyclic) bond motifs is 1. The first-order valence-electron chi connectivity index (χ1n) is 7.42. The Morgan fingerprint density at radius 3 is 2.68 bits per heavy atom. The molecule has 6 heteroatoms. The van der Waals surface area contributed by atoms with E-state index < -0.39 is 10.0 Å². The van der Waals surface area contributed by atoms with Crippen LogP contribution >= 0.6 is 0 Å². The minimum absolute atomic E-state index is 0.210. The number of sulfonamides is 1. The average molecular weight is 288 g/mol. The zero-order valence-corrected chi connectivity index (χ0v) is 12.4. The largest absolute Gasteiger partial charge is 0.377 e. The van der Waals surface area contributed by atoms with E-state index >= 15 is 0 Å². The quantitative estimate of drug-likeness (QED) is 0.740. The molecule has 0 bridgehead atoms. The molecule has 19 heavy (non-hydrogen) atoms. The fourth-order valence-corrected chi connectivity index (χ4v) is 4.20. The molecule has 0 radical (unpaired) electrons. The van der Waals surface area contributed by atoms with Crippen molar-refractivity contribution in [2.24, 2.45) is 5.92 Å². The molecule has 0 N–H and O–H groups in total. The molecule has 3 rings (SSSR count). The van der Waals surface area contributed by atoms with E-state index in [2.05, 4.69) is 4.90 Å². The van der Waals surface area contributed by atoms with Gasteiger partial charge in [0.05, 0.1) is 11.9 Å². The molecule has 2 heterocycles. The third kappa shape index (κ3) is 3.12. The zero-order chi connectivity index (χ0) is 13.5. The summed E-state index contributed by atoms with van der Waals surface area (Å²) in [6, 6.07) is 0.360. The van der Waals surface area contributed by atoms with Gasteiger partial charge in [0, 0.05) is 38.8 Å². The van der Waals surface area contributed by atoms with E-state index in [9.17, 15) is 8.42 Å².